The molecule has 1 aliphatic rings. The highest BCUT2D eigenvalue weighted by Crippen LogP contribution is 2.41. The third-order valence-corrected chi connectivity index (χ3v) is 3.29. The van der Waals surface area contributed by atoms with Gasteiger partial charge in [0.25, 0.3) is 0 Å². The van der Waals surface area contributed by atoms with Gasteiger partial charge in [-0.15, -0.1) is 0 Å². The largest absolute Gasteiger partial charge is 0.207 e. The highest BCUT2D eigenvalue weighted by molar-refractivity contribution is 5.27. The molecular weight excluding hydrogens is 182 g/mol. The molecule has 76 valence electrons. The van der Waals surface area contributed by atoms with E-state index in [4.69, 9.17) is 0 Å². The second-order valence-corrected chi connectivity index (χ2v) is 4.39. The van der Waals surface area contributed by atoms with Gasteiger partial charge in [-0.3, -0.25) is 0 Å². The number of benzene rings is 1. The normalized spacial score (nSPS) is 19.9. The smallest absolute Gasteiger partial charge is 0.129 e. The van der Waals surface area contributed by atoms with Crippen molar-refractivity contribution in [1.29, 1.82) is 0 Å². The van der Waals surface area contributed by atoms with Crippen LogP contribution in [0.3, 0.4) is 0 Å². The van der Waals surface area contributed by atoms with Crippen LogP contribution < -0.4 is 0 Å². The monoisotopic (exact) mass is 196 g/mol. The molecular formula is C12H14F2. The lowest BCUT2D eigenvalue weighted by molar-refractivity contribution is 0.453. The Balaban J connectivity index is 2.40. The van der Waals surface area contributed by atoms with Gasteiger partial charge in [-0.2, -0.15) is 0 Å². The van der Waals surface area contributed by atoms with E-state index < -0.39 is 11.6 Å². The van der Waals surface area contributed by atoms with Crippen LogP contribution in [0.5, 0.6) is 0 Å². The lowest BCUT2D eigenvalue weighted by Crippen LogP contribution is -2.18. The third-order valence-electron chi connectivity index (χ3n) is 3.29. The lowest BCUT2D eigenvalue weighted by atomic mass is 9.81. The molecule has 1 fully saturated rings. The Morgan fingerprint density at radius 1 is 1.14 bits per heavy atom. The van der Waals surface area contributed by atoms with Crippen LogP contribution in [0.15, 0.2) is 18.2 Å². The van der Waals surface area contributed by atoms with E-state index >= 15 is 0 Å². The highest BCUT2D eigenvalue weighted by atomic mass is 19.1. The summed E-state index contributed by atoms with van der Waals surface area (Å²) in [5.41, 5.74) is 0.606. The second kappa shape index (κ2) is 3.34. The Morgan fingerprint density at radius 3 is 2.36 bits per heavy atom. The fraction of sp³-hybridized carbons (Fsp3) is 0.500. The molecule has 1 saturated carbocycles. The van der Waals surface area contributed by atoms with Crippen molar-refractivity contribution < 1.29 is 8.78 Å². The van der Waals surface area contributed by atoms with Crippen LogP contribution in [-0.2, 0) is 5.41 Å². The van der Waals surface area contributed by atoms with Crippen molar-refractivity contribution >= 4 is 0 Å². The molecule has 0 unspecified atom stereocenters. The van der Waals surface area contributed by atoms with Gasteiger partial charge >= 0.3 is 0 Å². The topological polar surface area (TPSA) is 0 Å². The Labute approximate surface area is 82.9 Å². The zero-order valence-corrected chi connectivity index (χ0v) is 8.32. The number of rotatable bonds is 1. The van der Waals surface area contributed by atoms with E-state index in [0.29, 0.717) is 5.56 Å². The molecule has 0 atom stereocenters. The van der Waals surface area contributed by atoms with Gasteiger partial charge in [0.05, 0.1) is 0 Å². The summed E-state index contributed by atoms with van der Waals surface area (Å²) in [6.45, 7) is 2.07. The lowest BCUT2D eigenvalue weighted by Gasteiger charge is -2.24. The van der Waals surface area contributed by atoms with E-state index in [1.807, 2.05) is 0 Å². The summed E-state index contributed by atoms with van der Waals surface area (Å²) in [6.07, 6.45) is 4.31. The molecule has 0 aliphatic heterocycles. The van der Waals surface area contributed by atoms with Crippen molar-refractivity contribution in [3.63, 3.8) is 0 Å². The van der Waals surface area contributed by atoms with Gasteiger partial charge in [-0.05, 0) is 29.9 Å². The first-order valence-electron chi connectivity index (χ1n) is 5.07. The highest BCUT2D eigenvalue weighted by Gasteiger charge is 2.32. The molecule has 0 nitrogen and oxygen atoms in total. The quantitative estimate of drug-likeness (QED) is 0.641. The van der Waals surface area contributed by atoms with Crippen molar-refractivity contribution in [3.05, 3.63) is 35.4 Å². The van der Waals surface area contributed by atoms with Gasteiger partial charge in [0, 0.05) is 6.07 Å². The van der Waals surface area contributed by atoms with E-state index in [1.165, 1.54) is 6.07 Å². The van der Waals surface area contributed by atoms with Crippen LogP contribution in [-0.4, -0.2) is 0 Å². The first-order chi connectivity index (χ1) is 6.62. The van der Waals surface area contributed by atoms with Crippen molar-refractivity contribution in [2.75, 3.05) is 0 Å². The maximum absolute atomic E-state index is 13.5. The van der Waals surface area contributed by atoms with Gasteiger partial charge in [0.2, 0.25) is 0 Å². The second-order valence-electron chi connectivity index (χ2n) is 4.39. The van der Waals surface area contributed by atoms with Crippen molar-refractivity contribution in [3.8, 4) is 0 Å². The molecule has 0 N–H and O–H groups in total. The molecule has 0 spiro atoms. The Kier molecular flexibility index (Phi) is 2.30. The average molecular weight is 196 g/mol. The van der Waals surface area contributed by atoms with Crippen LogP contribution in [0.1, 0.15) is 38.2 Å². The fourth-order valence-corrected chi connectivity index (χ4v) is 2.40. The maximum Gasteiger partial charge on any atom is 0.129 e. The van der Waals surface area contributed by atoms with Crippen LogP contribution in [0.25, 0.3) is 0 Å². The number of halogens is 2. The van der Waals surface area contributed by atoms with E-state index in [2.05, 4.69) is 6.92 Å². The number of hydrogen-bond acceptors (Lipinski definition) is 0. The van der Waals surface area contributed by atoms with E-state index in [1.54, 1.807) is 6.07 Å². The van der Waals surface area contributed by atoms with E-state index in [-0.39, 0.29) is 5.41 Å². The summed E-state index contributed by atoms with van der Waals surface area (Å²) in [5, 5.41) is 0. The minimum Gasteiger partial charge on any atom is -0.207 e. The van der Waals surface area contributed by atoms with Crippen molar-refractivity contribution in [2.24, 2.45) is 0 Å². The Morgan fingerprint density at radius 2 is 1.79 bits per heavy atom. The molecule has 0 aromatic heterocycles. The predicted octanol–water partition coefficient (Wildman–Crippen LogP) is 3.80. The van der Waals surface area contributed by atoms with Crippen LogP contribution in [0, 0.1) is 11.6 Å². The molecule has 2 heteroatoms. The Bertz CT molecular complexity index is 338. The summed E-state index contributed by atoms with van der Waals surface area (Å²) in [7, 11) is 0. The molecule has 1 aromatic rings. The van der Waals surface area contributed by atoms with Gasteiger partial charge < -0.3 is 0 Å². The molecule has 0 radical (unpaired) electrons. The summed E-state index contributed by atoms with van der Waals surface area (Å²) in [4.78, 5) is 0. The Hall–Kier alpha value is -0.920. The first kappa shape index (κ1) is 9.63. The third kappa shape index (κ3) is 1.54. The average Bonchev–Trinajstić information content (AvgIpc) is 2.52. The predicted molar refractivity (Wildman–Crippen MR) is 52.2 cm³/mol. The minimum atomic E-state index is -0.493. The molecule has 0 bridgehead atoms. The minimum absolute atomic E-state index is 0.0716. The molecule has 1 aliphatic carbocycles. The van der Waals surface area contributed by atoms with Crippen LogP contribution in [0.2, 0.25) is 0 Å². The first-order valence-corrected chi connectivity index (χ1v) is 5.07. The molecule has 0 heterocycles. The van der Waals surface area contributed by atoms with Crippen LogP contribution >= 0.6 is 0 Å². The van der Waals surface area contributed by atoms with Gasteiger partial charge in [-0.1, -0.05) is 25.8 Å². The maximum atomic E-state index is 13.5. The fourth-order valence-electron chi connectivity index (χ4n) is 2.40. The standard InChI is InChI=1S/C12H14F2/c1-12(6-2-3-7-12)10-5-4-9(13)8-11(10)14/h4-5,8H,2-3,6-7H2,1H3. The van der Waals surface area contributed by atoms with E-state index in [0.717, 1.165) is 31.7 Å². The van der Waals surface area contributed by atoms with Gasteiger partial charge in [-0.25, -0.2) is 8.78 Å². The van der Waals surface area contributed by atoms with Crippen molar-refractivity contribution in [2.45, 2.75) is 38.0 Å². The summed E-state index contributed by atoms with van der Waals surface area (Å²) >= 11 is 0. The zero-order chi connectivity index (χ0) is 10.2. The van der Waals surface area contributed by atoms with Crippen LogP contribution in [0.4, 0.5) is 8.78 Å². The van der Waals surface area contributed by atoms with Crippen molar-refractivity contribution in [1.82, 2.24) is 0 Å². The summed E-state index contributed by atoms with van der Waals surface area (Å²) in [6, 6.07) is 3.93. The molecule has 1 aromatic carbocycles. The van der Waals surface area contributed by atoms with Gasteiger partial charge in [0.15, 0.2) is 0 Å². The molecule has 0 saturated heterocycles. The molecule has 14 heavy (non-hydrogen) atoms. The van der Waals surface area contributed by atoms with Gasteiger partial charge in [0.1, 0.15) is 11.6 Å². The SMILES string of the molecule is CC1(c2ccc(F)cc2F)CCCC1. The molecule has 2 rings (SSSR count). The summed E-state index contributed by atoms with van der Waals surface area (Å²) < 4.78 is 26.2. The van der Waals surface area contributed by atoms with E-state index in [9.17, 15) is 8.78 Å². The summed E-state index contributed by atoms with van der Waals surface area (Å²) in [5.74, 6) is -0.887. The number of hydrogen-bond donors (Lipinski definition) is 0. The zero-order valence-electron chi connectivity index (χ0n) is 8.32. The molecule has 0 amide bonds.